The summed E-state index contributed by atoms with van der Waals surface area (Å²) in [5.74, 6) is 1.09. The minimum Gasteiger partial charge on any atom is -0.330 e. The maximum atomic E-state index is 11.8. The molecule has 2 atom stereocenters. The fourth-order valence-corrected chi connectivity index (χ4v) is 4.55. The maximum Gasteiger partial charge on any atom is 0.214 e. The first-order chi connectivity index (χ1) is 8.53. The van der Waals surface area contributed by atoms with Crippen molar-refractivity contribution in [3.05, 3.63) is 0 Å². The molecule has 0 radical (unpaired) electrons. The molecule has 0 unspecified atom stereocenters. The molecule has 0 aromatic carbocycles. The lowest BCUT2D eigenvalue weighted by Gasteiger charge is -2.38. The number of nitrogens with one attached hydrogen (secondary N) is 1. The number of hydrogen-bond acceptors (Lipinski definition) is 2. The van der Waals surface area contributed by atoms with E-state index in [0.717, 1.165) is 38.1 Å². The van der Waals surface area contributed by atoms with Gasteiger partial charge in [-0.3, -0.25) is 0 Å². The topological polar surface area (TPSA) is 41.8 Å². The smallest absolute Gasteiger partial charge is 0.214 e. The van der Waals surface area contributed by atoms with Gasteiger partial charge in [-0.25, -0.2) is 8.42 Å². The lowest BCUT2D eigenvalue weighted by molar-refractivity contribution is -0.930. The summed E-state index contributed by atoms with van der Waals surface area (Å²) in [6, 6.07) is 0.778. The van der Waals surface area contributed by atoms with Gasteiger partial charge in [-0.1, -0.05) is 13.3 Å². The summed E-state index contributed by atoms with van der Waals surface area (Å²) in [6.07, 6.45) is 5.39. The first-order valence-electron chi connectivity index (χ1n) is 7.35. The Balaban J connectivity index is 1.86. The van der Waals surface area contributed by atoms with Crippen LogP contribution in [0, 0.1) is 5.92 Å². The van der Waals surface area contributed by atoms with Crippen LogP contribution >= 0.6 is 0 Å². The highest BCUT2D eigenvalue weighted by molar-refractivity contribution is 7.89. The van der Waals surface area contributed by atoms with Crippen LogP contribution in [-0.4, -0.2) is 50.7 Å². The van der Waals surface area contributed by atoms with Crippen molar-refractivity contribution < 1.29 is 13.3 Å². The Hall–Kier alpha value is -0.130. The van der Waals surface area contributed by atoms with Crippen LogP contribution in [-0.2, 0) is 10.0 Å². The molecule has 2 fully saturated rings. The molecule has 1 aliphatic heterocycles. The zero-order valence-electron chi connectivity index (χ0n) is 11.7. The average molecular weight is 275 g/mol. The molecular weight excluding hydrogens is 248 g/mol. The molecule has 2 rings (SSSR count). The van der Waals surface area contributed by atoms with Gasteiger partial charge in [0.15, 0.2) is 0 Å². The minimum atomic E-state index is -2.97. The van der Waals surface area contributed by atoms with E-state index in [1.165, 1.54) is 25.7 Å². The van der Waals surface area contributed by atoms with Gasteiger partial charge in [0.2, 0.25) is 10.0 Å². The molecule has 4 nitrogen and oxygen atoms in total. The van der Waals surface area contributed by atoms with Crippen LogP contribution in [0.5, 0.6) is 0 Å². The predicted octanol–water partition coefficient (Wildman–Crippen LogP) is 0.115. The van der Waals surface area contributed by atoms with Crippen LogP contribution in [0.25, 0.3) is 0 Å². The van der Waals surface area contributed by atoms with Gasteiger partial charge in [0, 0.05) is 6.42 Å². The van der Waals surface area contributed by atoms with Crippen LogP contribution in [0.15, 0.2) is 0 Å². The molecule has 0 bridgehead atoms. The Kier molecular flexibility index (Phi) is 4.67. The van der Waals surface area contributed by atoms with Gasteiger partial charge < -0.3 is 4.90 Å². The van der Waals surface area contributed by atoms with Crippen molar-refractivity contribution in [2.45, 2.75) is 45.6 Å². The van der Waals surface area contributed by atoms with Gasteiger partial charge in [-0.2, -0.15) is 4.31 Å². The summed E-state index contributed by atoms with van der Waals surface area (Å²) in [4.78, 5) is 1.64. The Morgan fingerprint density at radius 1 is 1.22 bits per heavy atom. The molecule has 106 valence electrons. The molecule has 5 heteroatoms. The summed E-state index contributed by atoms with van der Waals surface area (Å²) in [6.45, 7) is 7.51. The van der Waals surface area contributed by atoms with E-state index in [2.05, 4.69) is 6.92 Å². The molecule has 0 aromatic heterocycles. The molecule has 1 saturated carbocycles. The molecule has 2 aliphatic rings. The fraction of sp³-hybridized carbons (Fsp3) is 1.00. The Labute approximate surface area is 111 Å². The number of rotatable bonds is 3. The lowest BCUT2D eigenvalue weighted by atomic mass is 9.86. The highest BCUT2D eigenvalue weighted by Gasteiger charge is 2.33. The highest BCUT2D eigenvalue weighted by atomic mass is 32.2. The second-order valence-electron chi connectivity index (χ2n) is 5.93. The summed E-state index contributed by atoms with van der Waals surface area (Å²) in [5.41, 5.74) is 0. The van der Waals surface area contributed by atoms with E-state index in [1.54, 1.807) is 16.1 Å². The van der Waals surface area contributed by atoms with Crippen molar-refractivity contribution in [3.63, 3.8) is 0 Å². The van der Waals surface area contributed by atoms with E-state index in [9.17, 15) is 8.42 Å². The summed E-state index contributed by atoms with van der Waals surface area (Å²) in [7, 11) is -2.97. The maximum absolute atomic E-state index is 11.8. The van der Waals surface area contributed by atoms with E-state index >= 15 is 0 Å². The van der Waals surface area contributed by atoms with E-state index in [1.807, 2.05) is 0 Å². The first kappa shape index (κ1) is 14.3. The predicted molar refractivity (Wildman–Crippen MR) is 73.2 cm³/mol. The van der Waals surface area contributed by atoms with Crippen molar-refractivity contribution in [2.75, 3.05) is 31.9 Å². The third kappa shape index (κ3) is 3.25. The molecule has 0 amide bonds. The van der Waals surface area contributed by atoms with Crippen molar-refractivity contribution in [1.82, 2.24) is 4.31 Å². The number of piperazine rings is 1. The summed E-state index contributed by atoms with van der Waals surface area (Å²) in [5, 5.41) is 0. The lowest BCUT2D eigenvalue weighted by Crippen LogP contribution is -3.18. The standard InChI is InChI=1S/C13H26N2O2S/c1-3-18(16,17)15-9-7-14(8-10-15)13-6-4-5-12(2)11-13/h12-13H,3-11H2,1-2H3/p+1/t12-,13-/m1/s1. The van der Waals surface area contributed by atoms with E-state index < -0.39 is 10.0 Å². The molecule has 0 aromatic rings. The Bertz CT molecular complexity index is 361. The fourth-order valence-electron chi connectivity index (χ4n) is 3.45. The zero-order valence-corrected chi connectivity index (χ0v) is 12.5. The van der Waals surface area contributed by atoms with Crippen LogP contribution in [0.3, 0.4) is 0 Å². The Morgan fingerprint density at radius 2 is 1.89 bits per heavy atom. The number of hydrogen-bond donors (Lipinski definition) is 1. The monoisotopic (exact) mass is 275 g/mol. The van der Waals surface area contributed by atoms with Gasteiger partial charge >= 0.3 is 0 Å². The van der Waals surface area contributed by atoms with Crippen LogP contribution < -0.4 is 4.90 Å². The molecule has 1 aliphatic carbocycles. The highest BCUT2D eigenvalue weighted by Crippen LogP contribution is 2.22. The molecular formula is C13H27N2O2S+. The number of sulfonamides is 1. The summed E-state index contributed by atoms with van der Waals surface area (Å²) >= 11 is 0. The molecule has 0 spiro atoms. The van der Waals surface area contributed by atoms with Crippen LogP contribution in [0.1, 0.15) is 39.5 Å². The quantitative estimate of drug-likeness (QED) is 0.795. The molecule has 1 saturated heterocycles. The molecule has 1 heterocycles. The van der Waals surface area contributed by atoms with Gasteiger partial charge in [0.05, 0.1) is 38.0 Å². The largest absolute Gasteiger partial charge is 0.330 e. The third-order valence-electron chi connectivity index (χ3n) is 4.64. The van der Waals surface area contributed by atoms with Gasteiger partial charge in [0.25, 0.3) is 0 Å². The van der Waals surface area contributed by atoms with Crippen LogP contribution in [0.2, 0.25) is 0 Å². The average Bonchev–Trinajstić information content (AvgIpc) is 2.39. The normalized spacial score (nSPS) is 32.6. The molecule has 1 N–H and O–H groups in total. The van der Waals surface area contributed by atoms with Gasteiger partial charge in [-0.05, 0) is 25.7 Å². The zero-order chi connectivity index (χ0) is 13.2. The van der Waals surface area contributed by atoms with Gasteiger partial charge in [0.1, 0.15) is 0 Å². The second-order valence-corrected chi connectivity index (χ2v) is 8.18. The van der Waals surface area contributed by atoms with Gasteiger partial charge in [-0.15, -0.1) is 0 Å². The first-order valence-corrected chi connectivity index (χ1v) is 8.96. The minimum absolute atomic E-state index is 0.239. The van der Waals surface area contributed by atoms with Crippen molar-refractivity contribution >= 4 is 10.0 Å². The number of nitrogens with zero attached hydrogens (tertiary/aromatic N) is 1. The van der Waals surface area contributed by atoms with Crippen LogP contribution in [0.4, 0.5) is 0 Å². The van der Waals surface area contributed by atoms with Crippen molar-refractivity contribution in [3.8, 4) is 0 Å². The second kappa shape index (κ2) is 5.88. The Morgan fingerprint density at radius 3 is 2.44 bits per heavy atom. The molecule has 18 heavy (non-hydrogen) atoms. The SMILES string of the molecule is CCS(=O)(=O)N1CC[NH+]([C@@H]2CCC[C@@H](C)C2)CC1. The van der Waals surface area contributed by atoms with E-state index in [0.29, 0.717) is 0 Å². The van der Waals surface area contributed by atoms with E-state index in [4.69, 9.17) is 0 Å². The third-order valence-corrected chi connectivity index (χ3v) is 6.52. The van der Waals surface area contributed by atoms with Crippen molar-refractivity contribution in [1.29, 1.82) is 0 Å². The number of quaternary nitrogens is 1. The van der Waals surface area contributed by atoms with E-state index in [-0.39, 0.29) is 5.75 Å². The van der Waals surface area contributed by atoms with Crippen molar-refractivity contribution in [2.24, 2.45) is 5.92 Å². The summed E-state index contributed by atoms with van der Waals surface area (Å²) < 4.78 is 25.3.